The molecule has 2 aromatic rings. The molecular formula is C28H37N3O4. The number of amides is 2. The van der Waals surface area contributed by atoms with Gasteiger partial charge >= 0.3 is 0 Å². The van der Waals surface area contributed by atoms with Crippen LogP contribution in [0.5, 0.6) is 5.88 Å². The molecule has 0 spiro atoms. The standard InChI is InChI=1S/C28H37N3O4/c1-7-16(2)15-35-26-18(4)22(17(3)13-29-26)25(32)30-21-10-8-9-20-14-31(27(33)23(20)21)24(19-11-12-19)28(5,6)34/h8-10,13,16,19,24,34H,7,11-12,14-15H2,1-6H3,(H,30,32). The van der Waals surface area contributed by atoms with Crippen molar-refractivity contribution in [2.24, 2.45) is 11.8 Å². The minimum atomic E-state index is -1.00. The molecule has 7 heteroatoms. The van der Waals surface area contributed by atoms with E-state index < -0.39 is 5.60 Å². The zero-order chi connectivity index (χ0) is 25.5. The van der Waals surface area contributed by atoms with Crippen molar-refractivity contribution in [2.75, 3.05) is 11.9 Å². The van der Waals surface area contributed by atoms with E-state index in [2.05, 4.69) is 24.1 Å². The van der Waals surface area contributed by atoms with Gasteiger partial charge in [-0.05, 0) is 69.6 Å². The van der Waals surface area contributed by atoms with Crippen molar-refractivity contribution in [1.82, 2.24) is 9.88 Å². The Hall–Kier alpha value is -2.93. The molecule has 1 aliphatic heterocycles. The molecule has 2 atom stereocenters. The number of nitrogens with zero attached hydrogens (tertiary/aromatic N) is 2. The lowest BCUT2D eigenvalue weighted by Crippen LogP contribution is -2.51. The maximum Gasteiger partial charge on any atom is 0.256 e. The second-order valence-corrected chi connectivity index (χ2v) is 10.7. The number of nitrogens with one attached hydrogen (secondary N) is 1. The van der Waals surface area contributed by atoms with Crippen molar-refractivity contribution in [1.29, 1.82) is 0 Å². The summed E-state index contributed by atoms with van der Waals surface area (Å²) in [5.74, 6) is 0.715. The number of ether oxygens (including phenoxy) is 1. The first kappa shape index (κ1) is 25.2. The third-order valence-electron chi connectivity index (χ3n) is 7.24. The van der Waals surface area contributed by atoms with Crippen LogP contribution in [-0.4, -0.2) is 45.1 Å². The summed E-state index contributed by atoms with van der Waals surface area (Å²) in [6.07, 6.45) is 4.68. The Kier molecular flexibility index (Phi) is 6.91. The van der Waals surface area contributed by atoms with Crippen LogP contribution in [0.15, 0.2) is 24.4 Å². The molecule has 1 aromatic carbocycles. The molecule has 2 amide bonds. The molecule has 4 rings (SSSR count). The number of hydrogen-bond donors (Lipinski definition) is 2. The molecule has 188 valence electrons. The molecule has 2 N–H and O–H groups in total. The van der Waals surface area contributed by atoms with Gasteiger partial charge in [-0.25, -0.2) is 4.98 Å². The monoisotopic (exact) mass is 479 g/mol. The van der Waals surface area contributed by atoms with Gasteiger partial charge in [-0.2, -0.15) is 0 Å². The number of aliphatic hydroxyl groups is 1. The van der Waals surface area contributed by atoms with Crippen molar-refractivity contribution in [3.8, 4) is 5.88 Å². The zero-order valence-electron chi connectivity index (χ0n) is 21.6. The lowest BCUT2D eigenvalue weighted by atomic mass is 9.93. The van der Waals surface area contributed by atoms with E-state index in [0.29, 0.717) is 53.2 Å². The van der Waals surface area contributed by atoms with Gasteiger partial charge in [0.1, 0.15) is 0 Å². The SMILES string of the molecule is CCC(C)COc1ncc(C)c(C(=O)Nc2cccc3c2C(=O)N(C(C2CC2)C(C)(C)O)C3)c1C. The summed E-state index contributed by atoms with van der Waals surface area (Å²) in [5.41, 5.74) is 2.79. The first-order valence-electron chi connectivity index (χ1n) is 12.6. The van der Waals surface area contributed by atoms with Gasteiger partial charge in [0.25, 0.3) is 11.8 Å². The Balaban J connectivity index is 1.60. The molecular weight excluding hydrogens is 442 g/mol. The van der Waals surface area contributed by atoms with Crippen LogP contribution in [0, 0.1) is 25.7 Å². The second kappa shape index (κ2) is 9.61. The topological polar surface area (TPSA) is 91.8 Å². The van der Waals surface area contributed by atoms with Crippen LogP contribution in [-0.2, 0) is 6.54 Å². The quantitative estimate of drug-likeness (QED) is 0.535. The third kappa shape index (κ3) is 5.06. The lowest BCUT2D eigenvalue weighted by molar-refractivity contribution is -0.0224. The fourth-order valence-corrected chi connectivity index (χ4v) is 5.08. The minimum Gasteiger partial charge on any atom is -0.477 e. The van der Waals surface area contributed by atoms with Crippen LogP contribution in [0.2, 0.25) is 0 Å². The summed E-state index contributed by atoms with van der Waals surface area (Å²) in [6, 6.07) is 5.29. The van der Waals surface area contributed by atoms with Crippen LogP contribution < -0.4 is 10.1 Å². The van der Waals surface area contributed by atoms with Crippen molar-refractivity contribution in [3.05, 3.63) is 52.2 Å². The Labute approximate surface area is 207 Å². The van der Waals surface area contributed by atoms with E-state index in [4.69, 9.17) is 4.74 Å². The minimum absolute atomic E-state index is 0.143. The van der Waals surface area contributed by atoms with Crippen molar-refractivity contribution in [3.63, 3.8) is 0 Å². The van der Waals surface area contributed by atoms with Gasteiger partial charge in [-0.1, -0.05) is 32.4 Å². The fraction of sp³-hybridized carbons (Fsp3) is 0.536. The number of hydrogen-bond acceptors (Lipinski definition) is 5. The van der Waals surface area contributed by atoms with E-state index in [1.807, 2.05) is 26.0 Å². The van der Waals surface area contributed by atoms with E-state index in [1.165, 1.54) is 0 Å². The van der Waals surface area contributed by atoms with E-state index >= 15 is 0 Å². The molecule has 2 unspecified atom stereocenters. The molecule has 2 aliphatic rings. The lowest BCUT2D eigenvalue weighted by Gasteiger charge is -2.37. The van der Waals surface area contributed by atoms with Crippen LogP contribution in [0.1, 0.15) is 84.4 Å². The summed E-state index contributed by atoms with van der Waals surface area (Å²) in [7, 11) is 0. The Morgan fingerprint density at radius 1 is 1.31 bits per heavy atom. The molecule has 0 radical (unpaired) electrons. The average Bonchev–Trinajstić information content (AvgIpc) is 3.55. The summed E-state index contributed by atoms with van der Waals surface area (Å²) in [6.45, 7) is 12.4. The molecule has 1 aromatic heterocycles. The number of aryl methyl sites for hydroxylation is 1. The van der Waals surface area contributed by atoms with Crippen LogP contribution >= 0.6 is 0 Å². The van der Waals surface area contributed by atoms with E-state index in [1.54, 1.807) is 31.0 Å². The maximum atomic E-state index is 13.6. The summed E-state index contributed by atoms with van der Waals surface area (Å²) in [4.78, 5) is 33.2. The van der Waals surface area contributed by atoms with E-state index in [0.717, 1.165) is 30.4 Å². The molecule has 2 heterocycles. The number of fused-ring (bicyclic) bond motifs is 1. The predicted octanol–water partition coefficient (Wildman–Crippen LogP) is 4.88. The molecule has 0 saturated heterocycles. The normalized spacial score (nSPS) is 17.2. The van der Waals surface area contributed by atoms with Crippen LogP contribution in [0.3, 0.4) is 0 Å². The summed E-state index contributed by atoms with van der Waals surface area (Å²) < 4.78 is 5.90. The largest absolute Gasteiger partial charge is 0.477 e. The molecule has 1 aliphatic carbocycles. The number of rotatable bonds is 9. The fourth-order valence-electron chi connectivity index (χ4n) is 5.08. The molecule has 0 bridgehead atoms. The number of pyridine rings is 1. The Morgan fingerprint density at radius 3 is 2.66 bits per heavy atom. The smallest absolute Gasteiger partial charge is 0.256 e. The first-order valence-corrected chi connectivity index (χ1v) is 12.6. The second-order valence-electron chi connectivity index (χ2n) is 10.7. The number of aromatic nitrogens is 1. The number of carbonyl (C=O) groups excluding carboxylic acids is 2. The van der Waals surface area contributed by atoms with Gasteiger partial charge in [0, 0.05) is 18.3 Å². The van der Waals surface area contributed by atoms with Gasteiger partial charge < -0.3 is 20.1 Å². The molecule has 7 nitrogen and oxygen atoms in total. The molecule has 1 saturated carbocycles. The molecule has 1 fully saturated rings. The van der Waals surface area contributed by atoms with Crippen LogP contribution in [0.25, 0.3) is 0 Å². The third-order valence-corrected chi connectivity index (χ3v) is 7.24. The highest BCUT2D eigenvalue weighted by Crippen LogP contribution is 2.43. The van der Waals surface area contributed by atoms with Crippen molar-refractivity contribution < 1.29 is 19.4 Å². The molecule has 35 heavy (non-hydrogen) atoms. The number of carbonyl (C=O) groups is 2. The van der Waals surface area contributed by atoms with Crippen LogP contribution in [0.4, 0.5) is 5.69 Å². The average molecular weight is 480 g/mol. The summed E-state index contributed by atoms with van der Waals surface area (Å²) in [5, 5.41) is 13.8. The first-order chi connectivity index (χ1) is 16.5. The zero-order valence-corrected chi connectivity index (χ0v) is 21.6. The highest BCUT2D eigenvalue weighted by molar-refractivity contribution is 6.11. The van der Waals surface area contributed by atoms with Gasteiger partial charge in [-0.3, -0.25) is 9.59 Å². The van der Waals surface area contributed by atoms with Gasteiger partial charge in [0.2, 0.25) is 5.88 Å². The van der Waals surface area contributed by atoms with Crippen molar-refractivity contribution in [2.45, 2.75) is 79.0 Å². The highest BCUT2D eigenvalue weighted by atomic mass is 16.5. The highest BCUT2D eigenvalue weighted by Gasteiger charge is 2.48. The number of anilines is 1. The van der Waals surface area contributed by atoms with Gasteiger partial charge in [0.05, 0.1) is 35.1 Å². The van der Waals surface area contributed by atoms with E-state index in [9.17, 15) is 14.7 Å². The predicted molar refractivity (Wildman–Crippen MR) is 136 cm³/mol. The van der Waals surface area contributed by atoms with Gasteiger partial charge in [-0.15, -0.1) is 0 Å². The Bertz CT molecular complexity index is 1130. The van der Waals surface area contributed by atoms with E-state index in [-0.39, 0.29) is 17.9 Å². The Morgan fingerprint density at radius 2 is 2.03 bits per heavy atom. The summed E-state index contributed by atoms with van der Waals surface area (Å²) >= 11 is 0. The number of benzene rings is 1. The maximum absolute atomic E-state index is 13.6. The van der Waals surface area contributed by atoms with Crippen molar-refractivity contribution >= 4 is 17.5 Å². The van der Waals surface area contributed by atoms with Gasteiger partial charge in [0.15, 0.2) is 0 Å².